The molecule has 0 bridgehead atoms. The Kier molecular flexibility index (Phi) is 9.55. The van der Waals surface area contributed by atoms with E-state index in [1.165, 1.54) is 0 Å². The van der Waals surface area contributed by atoms with Crippen molar-refractivity contribution in [2.75, 3.05) is 6.54 Å². The van der Waals surface area contributed by atoms with Crippen LogP contribution in [0.1, 0.15) is 17.5 Å². The Morgan fingerprint density at radius 2 is 1.18 bits per heavy atom. The summed E-state index contributed by atoms with van der Waals surface area (Å²) in [7, 11) is 0. The van der Waals surface area contributed by atoms with Gasteiger partial charge in [0.1, 0.15) is 36.6 Å². The smallest absolute Gasteiger partial charge is 0.176 e. The van der Waals surface area contributed by atoms with Crippen LogP contribution in [0.3, 0.4) is 0 Å². The van der Waals surface area contributed by atoms with E-state index in [1.807, 2.05) is 78.9 Å². The largest absolute Gasteiger partial charge is 0.388 e. The van der Waals surface area contributed by atoms with Crippen molar-refractivity contribution in [3.05, 3.63) is 96.1 Å². The second kappa shape index (κ2) is 13.6. The van der Waals surface area contributed by atoms with E-state index in [2.05, 4.69) is 6.07 Å². The molecule has 10 heteroatoms. The third kappa shape index (κ3) is 6.51. The maximum Gasteiger partial charge on any atom is 0.176 e. The summed E-state index contributed by atoms with van der Waals surface area (Å²) in [4.78, 5) is 0. The fourth-order valence-corrected chi connectivity index (χ4v) is 6.34. The second-order valence-corrected chi connectivity index (χ2v) is 11.9. The van der Waals surface area contributed by atoms with Crippen LogP contribution in [0.25, 0.3) is 21.5 Å². The summed E-state index contributed by atoms with van der Waals surface area (Å²) in [6.07, 6.45) is -6.13. The molecule has 10 nitrogen and oxygen atoms in total. The van der Waals surface area contributed by atoms with E-state index < -0.39 is 61.0 Å². The average molecular weight is 603 g/mol. The van der Waals surface area contributed by atoms with Crippen molar-refractivity contribution in [2.24, 2.45) is 22.9 Å². The molecular formula is C34H42N4O6. The molecule has 1 aliphatic heterocycles. The van der Waals surface area contributed by atoms with Crippen LogP contribution in [0.4, 0.5) is 0 Å². The molecular weight excluding hydrogens is 560 g/mol. The molecule has 0 unspecified atom stereocenters. The fraction of sp³-hybridized carbons (Fsp3) is 0.412. The van der Waals surface area contributed by atoms with Crippen molar-refractivity contribution in [2.45, 2.75) is 80.7 Å². The van der Waals surface area contributed by atoms with E-state index in [0.717, 1.165) is 32.7 Å². The monoisotopic (exact) mass is 602 g/mol. The highest BCUT2D eigenvalue weighted by Gasteiger charge is 2.49. The third-order valence-electron chi connectivity index (χ3n) is 8.82. The van der Waals surface area contributed by atoms with Gasteiger partial charge >= 0.3 is 0 Å². The predicted octanol–water partition coefficient (Wildman–Crippen LogP) is 1.64. The summed E-state index contributed by atoms with van der Waals surface area (Å²) >= 11 is 0. The lowest BCUT2D eigenvalue weighted by molar-refractivity contribution is -0.296. The van der Waals surface area contributed by atoms with Gasteiger partial charge in [-0.05, 0) is 51.2 Å². The summed E-state index contributed by atoms with van der Waals surface area (Å²) in [5, 5.41) is 27.0. The minimum absolute atomic E-state index is 0.0632. The minimum Gasteiger partial charge on any atom is -0.388 e. The van der Waals surface area contributed by atoms with Crippen LogP contribution >= 0.6 is 0 Å². The zero-order chi connectivity index (χ0) is 30.8. The first-order valence-electron chi connectivity index (χ1n) is 15.1. The number of fused-ring (bicyclic) bond motifs is 2. The molecule has 0 radical (unpaired) electrons. The van der Waals surface area contributed by atoms with Gasteiger partial charge in [-0.2, -0.15) is 0 Å². The van der Waals surface area contributed by atoms with Crippen molar-refractivity contribution in [1.29, 1.82) is 0 Å². The number of aliphatic hydroxyl groups is 2. The quantitative estimate of drug-likeness (QED) is 0.165. The lowest BCUT2D eigenvalue weighted by Crippen LogP contribution is -2.68. The number of nitrogens with two attached hydrogens (primary N) is 4. The Morgan fingerprint density at radius 3 is 1.75 bits per heavy atom. The number of rotatable bonds is 9. The van der Waals surface area contributed by atoms with E-state index in [9.17, 15) is 10.2 Å². The Balaban J connectivity index is 1.09. The van der Waals surface area contributed by atoms with Crippen LogP contribution in [0.2, 0.25) is 0 Å². The third-order valence-corrected chi connectivity index (χ3v) is 8.82. The van der Waals surface area contributed by atoms with Crippen LogP contribution < -0.4 is 22.9 Å². The molecule has 10 atom stereocenters. The number of ether oxygens (including phenoxy) is 4. The number of aliphatic hydroxyl groups excluding tert-OH is 2. The first kappa shape index (κ1) is 31.0. The molecule has 4 aromatic carbocycles. The Morgan fingerprint density at radius 1 is 0.659 bits per heavy atom. The molecule has 0 spiro atoms. The number of hydrogen-bond acceptors (Lipinski definition) is 10. The molecule has 2 fully saturated rings. The van der Waals surface area contributed by atoms with Crippen molar-refractivity contribution < 1.29 is 29.2 Å². The van der Waals surface area contributed by atoms with E-state index in [-0.39, 0.29) is 19.8 Å². The van der Waals surface area contributed by atoms with Crippen molar-refractivity contribution in [3.8, 4) is 0 Å². The van der Waals surface area contributed by atoms with Gasteiger partial charge in [0.05, 0.1) is 19.3 Å². The molecule has 4 aromatic rings. The SMILES string of the molecule is NC[C@H]1O[C@H](O[C@H]2[C@H](O)[C@@H](OCc3ccc4ccccc4c3)[C@H](N)C[C@@H]2N)[C@H](N)[C@@H](O)[C@@H]1OCc1ccc2ccccc2c1. The molecule has 1 heterocycles. The highest BCUT2D eigenvalue weighted by atomic mass is 16.7. The molecule has 2 aliphatic rings. The first-order valence-corrected chi connectivity index (χ1v) is 15.1. The Bertz CT molecular complexity index is 1550. The minimum atomic E-state index is -1.15. The Hall–Kier alpha value is -3.00. The molecule has 1 saturated carbocycles. The summed E-state index contributed by atoms with van der Waals surface area (Å²) in [6, 6.07) is 26.2. The van der Waals surface area contributed by atoms with Crippen LogP contribution in [-0.2, 0) is 32.2 Å². The molecule has 44 heavy (non-hydrogen) atoms. The first-order chi connectivity index (χ1) is 21.3. The van der Waals surface area contributed by atoms with Gasteiger partial charge in [0.15, 0.2) is 6.29 Å². The van der Waals surface area contributed by atoms with Crippen LogP contribution in [-0.4, -0.2) is 77.8 Å². The van der Waals surface area contributed by atoms with Gasteiger partial charge in [0.2, 0.25) is 0 Å². The van der Waals surface area contributed by atoms with E-state index in [0.29, 0.717) is 6.42 Å². The van der Waals surface area contributed by atoms with Crippen molar-refractivity contribution in [3.63, 3.8) is 0 Å². The summed E-state index contributed by atoms with van der Waals surface area (Å²) in [5.74, 6) is 0. The fourth-order valence-electron chi connectivity index (χ4n) is 6.34. The van der Waals surface area contributed by atoms with Gasteiger partial charge in [-0.1, -0.05) is 72.8 Å². The highest BCUT2D eigenvalue weighted by Crippen LogP contribution is 2.30. The van der Waals surface area contributed by atoms with E-state index in [1.54, 1.807) is 0 Å². The van der Waals surface area contributed by atoms with Gasteiger partial charge in [-0.25, -0.2) is 0 Å². The molecule has 10 N–H and O–H groups in total. The Labute approximate surface area is 256 Å². The molecule has 6 rings (SSSR count). The zero-order valence-corrected chi connectivity index (χ0v) is 24.5. The molecule has 234 valence electrons. The topological polar surface area (TPSA) is 181 Å². The van der Waals surface area contributed by atoms with Gasteiger partial charge in [-0.15, -0.1) is 0 Å². The molecule has 1 aliphatic carbocycles. The van der Waals surface area contributed by atoms with E-state index in [4.69, 9.17) is 41.9 Å². The lowest BCUT2D eigenvalue weighted by Gasteiger charge is -2.47. The maximum absolute atomic E-state index is 11.3. The zero-order valence-electron chi connectivity index (χ0n) is 24.5. The molecule has 0 aromatic heterocycles. The maximum atomic E-state index is 11.3. The normalized spacial score (nSPS) is 32.7. The van der Waals surface area contributed by atoms with Crippen LogP contribution in [0.15, 0.2) is 84.9 Å². The molecule has 0 amide bonds. The standard InChI is InChI=1S/C34H42N4O6/c35-16-27-33(42-18-20-10-12-22-6-2-4-8-24(22)14-20)29(39)28(38)34(43-27)44-32-26(37)15-25(36)31(30(32)40)41-17-19-9-11-21-5-1-3-7-23(21)13-19/h1-14,25-34,39-40H,15-18,35-38H2/t25-,26+,27-,28-,29-,30-,31+,32-,33-,34-/m1/s1. The summed E-state index contributed by atoms with van der Waals surface area (Å²) in [6.45, 7) is 0.560. The second-order valence-electron chi connectivity index (χ2n) is 11.9. The average Bonchev–Trinajstić information content (AvgIpc) is 3.04. The van der Waals surface area contributed by atoms with Gasteiger partial charge in [0, 0.05) is 18.6 Å². The lowest BCUT2D eigenvalue weighted by atomic mass is 9.84. The highest BCUT2D eigenvalue weighted by molar-refractivity contribution is 5.83. The van der Waals surface area contributed by atoms with Gasteiger partial charge in [0.25, 0.3) is 0 Å². The number of hydrogen-bond donors (Lipinski definition) is 6. The molecule has 1 saturated heterocycles. The summed E-state index contributed by atoms with van der Waals surface area (Å²) in [5.41, 5.74) is 27.2. The van der Waals surface area contributed by atoms with E-state index >= 15 is 0 Å². The van der Waals surface area contributed by atoms with Gasteiger partial charge < -0.3 is 52.1 Å². The predicted molar refractivity (Wildman–Crippen MR) is 168 cm³/mol. The van der Waals surface area contributed by atoms with Crippen molar-refractivity contribution >= 4 is 21.5 Å². The summed E-state index contributed by atoms with van der Waals surface area (Å²) < 4.78 is 24.6. The van der Waals surface area contributed by atoms with Crippen LogP contribution in [0.5, 0.6) is 0 Å². The number of benzene rings is 4. The van der Waals surface area contributed by atoms with Crippen LogP contribution in [0, 0.1) is 0 Å². The van der Waals surface area contributed by atoms with Crippen molar-refractivity contribution in [1.82, 2.24) is 0 Å². The van der Waals surface area contributed by atoms with Gasteiger partial charge in [-0.3, -0.25) is 0 Å².